The number of rotatable bonds is 18. The lowest BCUT2D eigenvalue weighted by atomic mass is 10.0. The third-order valence-corrected chi connectivity index (χ3v) is 4.71. The number of hydrogen-bond donors (Lipinski definition) is 13. The molecule has 15 nitrogen and oxygen atoms in total. The lowest BCUT2D eigenvalue weighted by molar-refractivity contribution is -0.149. The number of carbonyl (C=O) groups is 2. The molecule has 0 spiro atoms. The molecule has 33 heavy (non-hydrogen) atoms. The molecule has 0 radical (unpaired) electrons. The molecule has 0 aliphatic carbocycles. The fourth-order valence-electron chi connectivity index (χ4n) is 2.54. The van der Waals surface area contributed by atoms with Crippen molar-refractivity contribution in [1.29, 1.82) is 0 Å². The molecule has 0 aromatic heterocycles. The van der Waals surface area contributed by atoms with Crippen LogP contribution >= 0.6 is 0 Å². The number of hydrogen-bond acceptors (Lipinski definition) is 13. The van der Waals surface area contributed by atoms with Crippen molar-refractivity contribution >= 4 is 11.8 Å². The number of aliphatic hydroxyl groups excluding tert-OH is 10. The summed E-state index contributed by atoms with van der Waals surface area (Å²) in [5.74, 6) is -1.93. The van der Waals surface area contributed by atoms with Gasteiger partial charge in [0.1, 0.15) is 36.6 Å². The normalized spacial score (nSPS) is 19.0. The smallest absolute Gasteiger partial charge is 0.251 e. The molecule has 196 valence electrons. The monoisotopic (exact) mass is 487 g/mol. The number of amides is 2. The summed E-state index contributed by atoms with van der Waals surface area (Å²) in [5.41, 5.74) is 0. The predicted molar refractivity (Wildman–Crippen MR) is 110 cm³/mol. The highest BCUT2D eigenvalue weighted by atomic mass is 16.4. The van der Waals surface area contributed by atoms with Gasteiger partial charge in [-0.2, -0.15) is 0 Å². The van der Waals surface area contributed by atoms with Crippen molar-refractivity contribution < 1.29 is 60.7 Å². The molecular formula is C18H37N3O12. The third kappa shape index (κ3) is 11.5. The van der Waals surface area contributed by atoms with E-state index in [-0.39, 0.29) is 13.1 Å². The van der Waals surface area contributed by atoms with Crippen LogP contribution in [0.15, 0.2) is 0 Å². The molecule has 0 unspecified atom stereocenters. The van der Waals surface area contributed by atoms with Gasteiger partial charge >= 0.3 is 0 Å². The molecule has 0 aliphatic heterocycles. The largest absolute Gasteiger partial charge is 0.394 e. The van der Waals surface area contributed by atoms with Crippen molar-refractivity contribution in [3.05, 3.63) is 0 Å². The Morgan fingerprint density at radius 2 is 0.879 bits per heavy atom. The molecule has 0 saturated heterocycles. The highest BCUT2D eigenvalue weighted by Crippen LogP contribution is 2.06. The molecule has 8 atom stereocenters. The van der Waals surface area contributed by atoms with Gasteiger partial charge in [0.05, 0.1) is 13.2 Å². The maximum absolute atomic E-state index is 11.7. The van der Waals surface area contributed by atoms with E-state index in [9.17, 15) is 50.4 Å². The molecule has 0 saturated carbocycles. The first-order valence-electron chi connectivity index (χ1n) is 10.4. The third-order valence-electron chi connectivity index (χ3n) is 4.71. The molecule has 0 heterocycles. The fraction of sp³-hybridized carbons (Fsp3) is 0.889. The molecular weight excluding hydrogens is 450 g/mol. The zero-order chi connectivity index (χ0) is 25.6. The van der Waals surface area contributed by atoms with Gasteiger partial charge in [-0.15, -0.1) is 0 Å². The maximum atomic E-state index is 11.7. The standard InChI is InChI=1S/C18H37N3O12/c22-7-9(24)11(26)13(28)15(30)17(32)20-5-1-3-19-4-2-6-21-18(33)16(31)14(29)12(27)10(25)8-23/h9-16,19,22-31H,1-8H2,(H,20,32)(H,21,33)/t9-,10-,11-,12-,13-,14+,15-,16+/m1/s1. The molecule has 0 bridgehead atoms. The highest BCUT2D eigenvalue weighted by molar-refractivity contribution is 5.81. The molecule has 2 amide bonds. The lowest BCUT2D eigenvalue weighted by Gasteiger charge is -2.25. The van der Waals surface area contributed by atoms with Crippen LogP contribution in [-0.4, -0.2) is 151 Å². The molecule has 13 N–H and O–H groups in total. The first kappa shape index (κ1) is 31.5. The van der Waals surface area contributed by atoms with E-state index in [0.29, 0.717) is 25.9 Å². The molecule has 0 rings (SSSR count). The van der Waals surface area contributed by atoms with Crippen molar-refractivity contribution in [3.63, 3.8) is 0 Å². The van der Waals surface area contributed by atoms with Gasteiger partial charge in [0.15, 0.2) is 12.2 Å². The van der Waals surface area contributed by atoms with E-state index in [2.05, 4.69) is 16.0 Å². The van der Waals surface area contributed by atoms with Crippen LogP contribution in [0, 0.1) is 0 Å². The van der Waals surface area contributed by atoms with Gasteiger partial charge in [0.25, 0.3) is 11.8 Å². The van der Waals surface area contributed by atoms with E-state index < -0.39 is 73.9 Å². The SMILES string of the molecule is O=C(NCCCNCCCNC(=O)[C@H](O)[C@H](O)[C@H](O)[C@H](O)CO)[C@@H](O)[C@@H](O)[C@H](O)[C@H](O)CO. The second-order valence-electron chi connectivity index (χ2n) is 7.39. The van der Waals surface area contributed by atoms with Gasteiger partial charge in [-0.3, -0.25) is 9.59 Å². The van der Waals surface area contributed by atoms with E-state index in [1.54, 1.807) is 0 Å². The Labute approximate surface area is 190 Å². The topological polar surface area (TPSA) is 273 Å². The maximum Gasteiger partial charge on any atom is 0.251 e. The zero-order valence-corrected chi connectivity index (χ0v) is 18.1. The van der Waals surface area contributed by atoms with Crippen LogP contribution in [0.2, 0.25) is 0 Å². The van der Waals surface area contributed by atoms with Crippen LogP contribution in [0.25, 0.3) is 0 Å². The highest BCUT2D eigenvalue weighted by Gasteiger charge is 2.34. The number of aliphatic hydroxyl groups is 10. The second-order valence-corrected chi connectivity index (χ2v) is 7.39. The van der Waals surface area contributed by atoms with Crippen LogP contribution in [0.3, 0.4) is 0 Å². The van der Waals surface area contributed by atoms with E-state index in [4.69, 9.17) is 10.2 Å². The molecule has 0 aliphatic rings. The Bertz CT molecular complexity index is 512. The fourth-order valence-corrected chi connectivity index (χ4v) is 2.54. The van der Waals surface area contributed by atoms with Gasteiger partial charge in [0.2, 0.25) is 0 Å². The first-order valence-corrected chi connectivity index (χ1v) is 10.4. The molecule has 0 aromatic carbocycles. The minimum absolute atomic E-state index is 0.122. The molecule has 15 heteroatoms. The summed E-state index contributed by atoms with van der Waals surface area (Å²) in [6.07, 6.45) is -14.3. The van der Waals surface area contributed by atoms with Gasteiger partial charge in [-0.1, -0.05) is 0 Å². The predicted octanol–water partition coefficient (Wildman–Crippen LogP) is -7.54. The van der Waals surface area contributed by atoms with Gasteiger partial charge in [0, 0.05) is 13.1 Å². The average Bonchev–Trinajstić information content (AvgIpc) is 2.83. The van der Waals surface area contributed by atoms with E-state index >= 15 is 0 Å². The van der Waals surface area contributed by atoms with Crippen LogP contribution in [-0.2, 0) is 9.59 Å². The van der Waals surface area contributed by atoms with Crippen LogP contribution in [0.5, 0.6) is 0 Å². The Morgan fingerprint density at radius 3 is 1.18 bits per heavy atom. The van der Waals surface area contributed by atoms with E-state index in [1.165, 1.54) is 0 Å². The van der Waals surface area contributed by atoms with Gasteiger partial charge in [-0.05, 0) is 25.9 Å². The van der Waals surface area contributed by atoms with E-state index in [0.717, 1.165) is 0 Å². The Kier molecular flexibility index (Phi) is 16.2. The molecule has 0 fully saturated rings. The van der Waals surface area contributed by atoms with Crippen molar-refractivity contribution in [1.82, 2.24) is 16.0 Å². The van der Waals surface area contributed by atoms with Crippen LogP contribution in [0.4, 0.5) is 0 Å². The van der Waals surface area contributed by atoms with Gasteiger partial charge < -0.3 is 67.0 Å². The number of nitrogens with one attached hydrogen (secondary N) is 3. The van der Waals surface area contributed by atoms with Gasteiger partial charge in [-0.25, -0.2) is 0 Å². The summed E-state index contributed by atoms with van der Waals surface area (Å²) in [6, 6.07) is 0. The van der Waals surface area contributed by atoms with Crippen LogP contribution < -0.4 is 16.0 Å². The Morgan fingerprint density at radius 1 is 0.545 bits per heavy atom. The van der Waals surface area contributed by atoms with Crippen molar-refractivity contribution in [2.45, 2.75) is 61.7 Å². The minimum Gasteiger partial charge on any atom is -0.394 e. The Hall–Kier alpha value is -1.50. The summed E-state index contributed by atoms with van der Waals surface area (Å²) < 4.78 is 0. The lowest BCUT2D eigenvalue weighted by Crippen LogP contribution is -2.51. The first-order chi connectivity index (χ1) is 15.5. The summed E-state index contributed by atoms with van der Waals surface area (Å²) >= 11 is 0. The summed E-state index contributed by atoms with van der Waals surface area (Å²) in [6.45, 7) is -0.602. The summed E-state index contributed by atoms with van der Waals surface area (Å²) in [7, 11) is 0. The Balaban J connectivity index is 3.93. The van der Waals surface area contributed by atoms with E-state index in [1.807, 2.05) is 0 Å². The second kappa shape index (κ2) is 17.0. The van der Waals surface area contributed by atoms with Crippen molar-refractivity contribution in [2.24, 2.45) is 0 Å². The molecule has 0 aromatic rings. The quantitative estimate of drug-likeness (QED) is 0.0801. The summed E-state index contributed by atoms with van der Waals surface area (Å²) in [4.78, 5) is 23.4. The number of carbonyl (C=O) groups excluding carboxylic acids is 2. The minimum atomic E-state index is -2.00. The average molecular weight is 488 g/mol. The van der Waals surface area contributed by atoms with Crippen LogP contribution in [0.1, 0.15) is 12.8 Å². The van der Waals surface area contributed by atoms with Crippen molar-refractivity contribution in [3.8, 4) is 0 Å². The zero-order valence-electron chi connectivity index (χ0n) is 18.1. The van der Waals surface area contributed by atoms with Crippen molar-refractivity contribution in [2.75, 3.05) is 39.4 Å². The summed E-state index contributed by atoms with van der Waals surface area (Å²) in [5, 5.41) is 101.